The summed E-state index contributed by atoms with van der Waals surface area (Å²) in [6, 6.07) is 31.8. The molecule has 2 aromatic heterocycles. The van der Waals surface area contributed by atoms with Crippen molar-refractivity contribution in [1.82, 2.24) is 20.2 Å². The van der Waals surface area contributed by atoms with Gasteiger partial charge >= 0.3 is 11.9 Å². The highest BCUT2D eigenvalue weighted by molar-refractivity contribution is 5.95. The van der Waals surface area contributed by atoms with Crippen LogP contribution in [0.4, 0.5) is 5.82 Å². The smallest absolute Gasteiger partial charge is 0.354 e. The lowest BCUT2D eigenvalue weighted by Crippen LogP contribution is -2.36. The Morgan fingerprint density at radius 1 is 0.657 bits per heavy atom. The minimum absolute atomic E-state index is 0.0196. The standard InChI is InChI=1S/C52H55N5O10/c58-47(43-35-40-9-2-1-7-36(40)15-16-37-8-3-4-10-42(37)43)21-24-53-50(59)39-19-17-38(18-20-39)49(44-11-5-12-45(55-44)51(60)61)57-25-29-66-33-31-64-27-22-41(23-28-65-32-34-67-30-26-57)54-48-14-6-13-46(56-48)52(62)63/h1-14,17-20,41,43,49H,21-35H2,(H,53,59)(H,54,56)(H,60,61)(H,62,63). The van der Waals surface area contributed by atoms with Crippen molar-refractivity contribution in [2.45, 2.75) is 43.7 Å². The molecule has 1 aliphatic carbocycles. The maximum Gasteiger partial charge on any atom is 0.354 e. The number of aromatic carboxylic acids is 2. The first-order chi connectivity index (χ1) is 32.7. The summed E-state index contributed by atoms with van der Waals surface area (Å²) in [6.45, 7) is 3.87. The van der Waals surface area contributed by atoms with Crippen LogP contribution in [0.3, 0.4) is 0 Å². The molecule has 1 amide bonds. The van der Waals surface area contributed by atoms with E-state index in [1.165, 1.54) is 12.1 Å². The monoisotopic (exact) mass is 909 g/mol. The Morgan fingerprint density at radius 2 is 1.25 bits per heavy atom. The number of carbonyl (C=O) groups is 4. The fourth-order valence-electron chi connectivity index (χ4n) is 8.13. The van der Waals surface area contributed by atoms with Gasteiger partial charge in [0.1, 0.15) is 17.3 Å². The van der Waals surface area contributed by atoms with Gasteiger partial charge in [0, 0.05) is 67.9 Å². The molecule has 5 aromatic rings. The number of carbonyl (C=O) groups excluding carboxylic acids is 2. The van der Waals surface area contributed by atoms with Crippen molar-refractivity contribution in [1.29, 1.82) is 0 Å². The molecule has 1 aliphatic heterocycles. The van der Waals surface area contributed by atoms with E-state index in [2.05, 4.69) is 37.3 Å². The van der Waals surface area contributed by atoms with Gasteiger partial charge in [-0.25, -0.2) is 19.6 Å². The zero-order valence-electron chi connectivity index (χ0n) is 37.2. The van der Waals surface area contributed by atoms with Gasteiger partial charge < -0.3 is 39.8 Å². The highest BCUT2D eigenvalue weighted by atomic mass is 16.5. The molecule has 0 saturated carbocycles. The highest BCUT2D eigenvalue weighted by Gasteiger charge is 2.27. The van der Waals surface area contributed by atoms with Crippen LogP contribution in [-0.2, 0) is 30.2 Å². The van der Waals surface area contributed by atoms with Crippen molar-refractivity contribution in [3.63, 3.8) is 0 Å². The summed E-state index contributed by atoms with van der Waals surface area (Å²) in [5.74, 6) is 4.01. The van der Waals surface area contributed by atoms with E-state index >= 15 is 0 Å². The second kappa shape index (κ2) is 24.6. The number of hydrogen-bond acceptors (Lipinski definition) is 12. The number of rotatable bonds is 12. The van der Waals surface area contributed by atoms with Gasteiger partial charge in [-0.05, 0) is 84.5 Å². The molecule has 1 fully saturated rings. The zero-order valence-corrected chi connectivity index (χ0v) is 37.2. The minimum Gasteiger partial charge on any atom is -0.477 e. The number of Topliss-reactive ketones (excluding diaryl/α,β-unsaturated/α-hetero) is 1. The van der Waals surface area contributed by atoms with Gasteiger partial charge in [0.2, 0.25) is 0 Å². The molecule has 2 atom stereocenters. The van der Waals surface area contributed by atoms with Crippen molar-refractivity contribution >= 4 is 29.4 Å². The Bertz CT molecular complexity index is 2520. The number of pyridine rings is 2. The molecule has 2 unspecified atom stereocenters. The molecule has 0 bridgehead atoms. The lowest BCUT2D eigenvalue weighted by molar-refractivity contribution is -0.120. The minimum atomic E-state index is -1.15. The molecule has 15 nitrogen and oxygen atoms in total. The third kappa shape index (κ3) is 13.9. The van der Waals surface area contributed by atoms with Crippen LogP contribution >= 0.6 is 0 Å². The number of amides is 1. The summed E-state index contributed by atoms with van der Waals surface area (Å²) in [7, 11) is 0. The Morgan fingerprint density at radius 3 is 1.94 bits per heavy atom. The molecule has 0 radical (unpaired) electrons. The number of ketones is 1. The zero-order chi connectivity index (χ0) is 46.8. The number of benzene rings is 3. The largest absolute Gasteiger partial charge is 0.477 e. The molecule has 2 aliphatic rings. The lowest BCUT2D eigenvalue weighted by Gasteiger charge is -2.32. The number of nitrogens with zero attached hydrogens (tertiary/aromatic N) is 3. The number of fused-ring (bicyclic) bond motifs is 2. The first-order valence-electron chi connectivity index (χ1n) is 22.6. The third-order valence-corrected chi connectivity index (χ3v) is 11.6. The van der Waals surface area contributed by atoms with Crippen molar-refractivity contribution in [2.75, 3.05) is 77.8 Å². The molecule has 15 heteroatoms. The van der Waals surface area contributed by atoms with Crippen LogP contribution in [0.5, 0.6) is 0 Å². The number of carboxylic acid groups (broad SMARTS) is 2. The predicted octanol–water partition coefficient (Wildman–Crippen LogP) is 6.03. The number of anilines is 1. The number of ether oxygens (including phenoxy) is 4. The van der Waals surface area contributed by atoms with Crippen LogP contribution in [0.2, 0.25) is 0 Å². The van der Waals surface area contributed by atoms with Gasteiger partial charge in [-0.3, -0.25) is 14.5 Å². The van der Waals surface area contributed by atoms with E-state index in [9.17, 15) is 29.4 Å². The molecular weight excluding hydrogens is 855 g/mol. The summed E-state index contributed by atoms with van der Waals surface area (Å²) >= 11 is 0. The van der Waals surface area contributed by atoms with Crippen molar-refractivity contribution < 1.29 is 48.3 Å². The summed E-state index contributed by atoms with van der Waals surface area (Å²) in [5, 5.41) is 25.5. The molecule has 348 valence electrons. The number of aromatic nitrogens is 2. The van der Waals surface area contributed by atoms with Gasteiger partial charge in [0.05, 0.1) is 51.4 Å². The molecular formula is C52H55N5O10. The summed E-state index contributed by atoms with van der Waals surface area (Å²) in [6.07, 6.45) is 1.91. The summed E-state index contributed by atoms with van der Waals surface area (Å²) in [4.78, 5) is 61.7. The van der Waals surface area contributed by atoms with Gasteiger partial charge in [-0.15, -0.1) is 0 Å². The molecule has 7 rings (SSSR count). The fraction of sp³-hybridized carbons (Fsp3) is 0.346. The second-order valence-corrected chi connectivity index (χ2v) is 16.1. The number of carboxylic acids is 2. The van der Waals surface area contributed by atoms with Crippen LogP contribution in [0.15, 0.2) is 109 Å². The fourth-order valence-corrected chi connectivity index (χ4v) is 8.13. The van der Waals surface area contributed by atoms with Gasteiger partial charge in [-0.2, -0.15) is 0 Å². The van der Waals surface area contributed by atoms with Crippen LogP contribution in [0, 0.1) is 11.8 Å². The maximum atomic E-state index is 13.8. The van der Waals surface area contributed by atoms with Gasteiger partial charge in [0.15, 0.2) is 5.69 Å². The predicted molar refractivity (Wildman–Crippen MR) is 249 cm³/mol. The van der Waals surface area contributed by atoms with E-state index in [0.29, 0.717) is 102 Å². The Kier molecular flexibility index (Phi) is 17.7. The average Bonchev–Trinajstić information content (AvgIpc) is 3.33. The Labute approximate surface area is 389 Å². The van der Waals surface area contributed by atoms with Gasteiger partial charge in [0.25, 0.3) is 5.91 Å². The second-order valence-electron chi connectivity index (χ2n) is 16.1. The van der Waals surface area contributed by atoms with Gasteiger partial charge in [-0.1, -0.05) is 72.5 Å². The van der Waals surface area contributed by atoms with E-state index in [4.69, 9.17) is 18.9 Å². The molecule has 1 saturated heterocycles. The van der Waals surface area contributed by atoms with Crippen LogP contribution in [0.1, 0.15) is 96.1 Å². The topological polar surface area (TPSA) is 199 Å². The van der Waals surface area contributed by atoms with Crippen molar-refractivity contribution in [3.8, 4) is 11.8 Å². The molecule has 67 heavy (non-hydrogen) atoms. The normalized spacial score (nSPS) is 17.3. The first-order valence-corrected chi connectivity index (χ1v) is 22.6. The summed E-state index contributed by atoms with van der Waals surface area (Å²) in [5.41, 5.74) is 5.18. The number of hydrogen-bond donors (Lipinski definition) is 4. The van der Waals surface area contributed by atoms with E-state index in [-0.39, 0.29) is 42.1 Å². The molecule has 3 aromatic carbocycles. The Hall–Kier alpha value is -6.80. The molecule has 3 heterocycles. The van der Waals surface area contributed by atoms with Crippen molar-refractivity contribution in [2.24, 2.45) is 0 Å². The van der Waals surface area contributed by atoms with Crippen LogP contribution in [0.25, 0.3) is 0 Å². The third-order valence-electron chi connectivity index (χ3n) is 11.6. The van der Waals surface area contributed by atoms with Crippen molar-refractivity contribution in [3.05, 3.63) is 160 Å². The van der Waals surface area contributed by atoms with E-state index in [1.807, 2.05) is 60.7 Å². The van der Waals surface area contributed by atoms with Crippen LogP contribution in [-0.4, -0.2) is 127 Å². The quantitative estimate of drug-likeness (QED) is 0.106. The highest BCUT2D eigenvalue weighted by Crippen LogP contribution is 2.30. The maximum absolute atomic E-state index is 13.8. The van der Waals surface area contributed by atoms with E-state index in [1.54, 1.807) is 36.4 Å². The SMILES string of the molecule is O=C(NCCC(=O)C1Cc2ccccc2C#Cc2ccccc21)c1ccc(C(c2cccc(C(=O)O)n2)N2CCOCCOCCC(Nc3cccc(C(=O)O)n3)CCOCCOCC2)cc1. The van der Waals surface area contributed by atoms with E-state index in [0.717, 1.165) is 27.8 Å². The lowest BCUT2D eigenvalue weighted by atomic mass is 9.82. The molecule has 0 spiro atoms. The Balaban J connectivity index is 0.988. The number of nitrogens with one attached hydrogen (secondary N) is 2. The molecule has 4 N–H and O–H groups in total. The van der Waals surface area contributed by atoms with E-state index < -0.39 is 23.9 Å². The average molecular weight is 910 g/mol. The van der Waals surface area contributed by atoms with Crippen LogP contribution < -0.4 is 10.6 Å². The summed E-state index contributed by atoms with van der Waals surface area (Å²) < 4.78 is 23.9. The first kappa shape index (κ1) is 48.1.